The Labute approximate surface area is 134 Å². The van der Waals surface area contributed by atoms with Crippen molar-refractivity contribution in [2.24, 2.45) is 0 Å². The number of Topliss-reactive ketones (excluding diaryl/α,β-unsaturated/α-hetero) is 1. The third kappa shape index (κ3) is 3.10. The first kappa shape index (κ1) is 15.3. The Morgan fingerprint density at radius 1 is 1.23 bits per heavy atom. The molecule has 0 aromatic heterocycles. The second-order valence-electron chi connectivity index (χ2n) is 5.62. The van der Waals surface area contributed by atoms with Crippen LogP contribution in [0.1, 0.15) is 23.2 Å². The van der Waals surface area contributed by atoms with Gasteiger partial charge in [0.25, 0.3) is 5.91 Å². The van der Waals surface area contributed by atoms with Gasteiger partial charge >= 0.3 is 0 Å². The Kier molecular flexibility index (Phi) is 4.64. The monoisotopic (exact) mass is 322 g/mol. The van der Waals surface area contributed by atoms with Gasteiger partial charge in [-0.1, -0.05) is 0 Å². The van der Waals surface area contributed by atoms with Gasteiger partial charge in [-0.15, -0.1) is 11.6 Å². The lowest BCUT2D eigenvalue weighted by Crippen LogP contribution is -2.43. The van der Waals surface area contributed by atoms with Gasteiger partial charge in [0.15, 0.2) is 12.4 Å². The molecule has 2 aliphatic heterocycles. The number of alkyl halides is 1. The molecule has 0 saturated carbocycles. The summed E-state index contributed by atoms with van der Waals surface area (Å²) < 4.78 is 5.46. The van der Waals surface area contributed by atoms with Crippen LogP contribution in [-0.4, -0.2) is 55.3 Å². The molecule has 2 aliphatic rings. The van der Waals surface area contributed by atoms with E-state index in [0.29, 0.717) is 23.5 Å². The number of fused-ring (bicyclic) bond motifs is 1. The van der Waals surface area contributed by atoms with Gasteiger partial charge in [-0.2, -0.15) is 0 Å². The average Bonchev–Trinajstić information content (AvgIpc) is 3.06. The minimum atomic E-state index is -0.151. The predicted molar refractivity (Wildman–Crippen MR) is 85.0 cm³/mol. The number of ketones is 1. The fourth-order valence-corrected chi connectivity index (χ4v) is 3.10. The summed E-state index contributed by atoms with van der Waals surface area (Å²) in [6.07, 6.45) is 2.45. The van der Waals surface area contributed by atoms with E-state index in [-0.39, 0.29) is 24.2 Å². The maximum absolute atomic E-state index is 12.2. The Morgan fingerprint density at radius 2 is 2.00 bits per heavy atom. The van der Waals surface area contributed by atoms with Crippen LogP contribution in [0.15, 0.2) is 18.2 Å². The summed E-state index contributed by atoms with van der Waals surface area (Å²) in [5.74, 6) is 0.359. The topological polar surface area (TPSA) is 49.9 Å². The molecule has 2 heterocycles. The Balaban J connectivity index is 1.80. The summed E-state index contributed by atoms with van der Waals surface area (Å²) in [4.78, 5) is 28.0. The molecule has 0 aliphatic carbocycles. The standard InChI is InChI=1S/C16H19ClN2O3/c17-10-14(20)12-3-4-15-13(9-12)19(16(21)11-22-15)8-7-18-5-1-2-6-18/h3-4,9H,1-2,5-8,10-11H2. The van der Waals surface area contributed by atoms with Crippen LogP contribution in [0, 0.1) is 0 Å². The highest BCUT2D eigenvalue weighted by Gasteiger charge is 2.27. The predicted octanol–water partition coefficient (Wildman–Crippen LogP) is 1.93. The molecule has 22 heavy (non-hydrogen) atoms. The zero-order valence-electron chi connectivity index (χ0n) is 12.4. The van der Waals surface area contributed by atoms with Gasteiger partial charge in [-0.05, 0) is 44.1 Å². The molecule has 1 saturated heterocycles. The zero-order chi connectivity index (χ0) is 15.5. The maximum Gasteiger partial charge on any atom is 0.265 e. The first-order valence-corrected chi connectivity index (χ1v) is 8.11. The van der Waals surface area contributed by atoms with Crippen LogP contribution in [0.25, 0.3) is 0 Å². The molecule has 1 fully saturated rings. The Bertz CT molecular complexity index is 585. The number of rotatable bonds is 5. The molecule has 0 atom stereocenters. The fourth-order valence-electron chi connectivity index (χ4n) is 2.95. The van der Waals surface area contributed by atoms with Crippen molar-refractivity contribution in [1.82, 2.24) is 4.90 Å². The van der Waals surface area contributed by atoms with Gasteiger partial charge in [-0.25, -0.2) is 0 Å². The lowest BCUT2D eigenvalue weighted by molar-refractivity contribution is -0.121. The summed E-state index contributed by atoms with van der Waals surface area (Å²) in [6, 6.07) is 5.14. The second-order valence-corrected chi connectivity index (χ2v) is 5.89. The smallest absolute Gasteiger partial charge is 0.265 e. The van der Waals surface area contributed by atoms with E-state index in [4.69, 9.17) is 16.3 Å². The highest BCUT2D eigenvalue weighted by atomic mass is 35.5. The van der Waals surface area contributed by atoms with E-state index in [9.17, 15) is 9.59 Å². The molecule has 5 nitrogen and oxygen atoms in total. The van der Waals surface area contributed by atoms with Gasteiger partial charge in [0.05, 0.1) is 11.6 Å². The molecule has 6 heteroatoms. The summed E-state index contributed by atoms with van der Waals surface area (Å²) >= 11 is 5.61. The Hall–Kier alpha value is -1.59. The number of hydrogen-bond donors (Lipinski definition) is 0. The lowest BCUT2D eigenvalue weighted by Gasteiger charge is -2.31. The van der Waals surface area contributed by atoms with E-state index in [1.54, 1.807) is 23.1 Å². The van der Waals surface area contributed by atoms with Crippen molar-refractivity contribution in [3.63, 3.8) is 0 Å². The molecule has 1 aromatic rings. The van der Waals surface area contributed by atoms with Gasteiger partial charge < -0.3 is 14.5 Å². The number of anilines is 1. The van der Waals surface area contributed by atoms with E-state index in [0.717, 1.165) is 19.6 Å². The number of likely N-dealkylation sites (tertiary alicyclic amines) is 1. The number of carbonyl (C=O) groups excluding carboxylic acids is 2. The van der Waals surface area contributed by atoms with Crippen LogP contribution in [0.4, 0.5) is 5.69 Å². The van der Waals surface area contributed by atoms with Gasteiger partial charge in [0, 0.05) is 18.7 Å². The van der Waals surface area contributed by atoms with E-state index >= 15 is 0 Å². The van der Waals surface area contributed by atoms with Crippen molar-refractivity contribution < 1.29 is 14.3 Å². The van der Waals surface area contributed by atoms with E-state index in [1.807, 2.05) is 0 Å². The van der Waals surface area contributed by atoms with Crippen LogP contribution in [-0.2, 0) is 4.79 Å². The average molecular weight is 323 g/mol. The van der Waals surface area contributed by atoms with Crippen molar-refractivity contribution in [2.75, 3.05) is 43.6 Å². The minimum absolute atomic E-state index is 0.0514. The molecular formula is C16H19ClN2O3. The van der Waals surface area contributed by atoms with Crippen molar-refractivity contribution in [2.45, 2.75) is 12.8 Å². The highest BCUT2D eigenvalue weighted by molar-refractivity contribution is 6.30. The second kappa shape index (κ2) is 6.67. The third-order valence-corrected chi connectivity index (χ3v) is 4.43. The number of nitrogens with zero attached hydrogens (tertiary/aromatic N) is 2. The van der Waals surface area contributed by atoms with Crippen molar-refractivity contribution in [1.29, 1.82) is 0 Å². The first-order valence-electron chi connectivity index (χ1n) is 7.58. The summed E-state index contributed by atoms with van der Waals surface area (Å²) in [5, 5.41) is 0. The first-order chi connectivity index (χ1) is 10.7. The molecule has 118 valence electrons. The molecule has 0 spiro atoms. The fraction of sp³-hybridized carbons (Fsp3) is 0.500. The SMILES string of the molecule is O=C(CCl)c1ccc2c(c1)N(CCN1CCCC1)C(=O)CO2. The van der Waals surface area contributed by atoms with E-state index in [1.165, 1.54) is 12.8 Å². The van der Waals surface area contributed by atoms with Gasteiger partial charge in [0.2, 0.25) is 0 Å². The van der Waals surface area contributed by atoms with Crippen LogP contribution in [0.3, 0.4) is 0 Å². The van der Waals surface area contributed by atoms with Crippen LogP contribution in [0.2, 0.25) is 0 Å². The minimum Gasteiger partial charge on any atom is -0.482 e. The van der Waals surface area contributed by atoms with E-state index in [2.05, 4.69) is 4.90 Å². The molecule has 0 radical (unpaired) electrons. The number of hydrogen-bond acceptors (Lipinski definition) is 4. The summed E-state index contributed by atoms with van der Waals surface area (Å²) in [6.45, 7) is 3.70. The molecular weight excluding hydrogens is 304 g/mol. The number of carbonyl (C=O) groups is 2. The summed E-state index contributed by atoms with van der Waals surface area (Å²) in [5.41, 5.74) is 1.18. The van der Waals surface area contributed by atoms with Crippen LogP contribution in [0.5, 0.6) is 5.75 Å². The van der Waals surface area contributed by atoms with E-state index < -0.39 is 0 Å². The number of amides is 1. The molecule has 3 rings (SSSR count). The molecule has 0 bridgehead atoms. The summed E-state index contributed by atoms with van der Waals surface area (Å²) in [7, 11) is 0. The van der Waals surface area contributed by atoms with Gasteiger partial charge in [0.1, 0.15) is 5.75 Å². The maximum atomic E-state index is 12.2. The highest BCUT2D eigenvalue weighted by Crippen LogP contribution is 2.33. The van der Waals surface area contributed by atoms with Gasteiger partial charge in [-0.3, -0.25) is 9.59 Å². The van der Waals surface area contributed by atoms with Crippen molar-refractivity contribution in [3.05, 3.63) is 23.8 Å². The number of ether oxygens (including phenoxy) is 1. The van der Waals surface area contributed by atoms with Crippen molar-refractivity contribution >= 4 is 29.0 Å². The quantitative estimate of drug-likeness (QED) is 0.614. The molecule has 1 amide bonds. The normalized spacial score (nSPS) is 18.2. The third-order valence-electron chi connectivity index (χ3n) is 4.18. The number of halogens is 1. The molecule has 1 aromatic carbocycles. The largest absolute Gasteiger partial charge is 0.482 e. The van der Waals surface area contributed by atoms with Crippen molar-refractivity contribution in [3.8, 4) is 5.75 Å². The van der Waals surface area contributed by atoms with Crippen LogP contribution < -0.4 is 9.64 Å². The van der Waals surface area contributed by atoms with Crippen LogP contribution >= 0.6 is 11.6 Å². The molecule has 0 unspecified atom stereocenters. The Morgan fingerprint density at radius 3 is 2.73 bits per heavy atom. The lowest BCUT2D eigenvalue weighted by atomic mass is 10.1. The molecule has 0 N–H and O–H groups in total. The zero-order valence-corrected chi connectivity index (χ0v) is 13.1. The number of benzene rings is 1.